The van der Waals surface area contributed by atoms with E-state index in [1.165, 1.54) is 5.75 Å². The van der Waals surface area contributed by atoms with Crippen LogP contribution >= 0.6 is 23.5 Å². The number of nitrogens with one attached hydrogen (secondary N) is 1. The first-order valence-corrected chi connectivity index (χ1v) is 7.47. The Morgan fingerprint density at radius 1 is 1.64 bits per heavy atom. The number of amidine groups is 1. The Hall–Kier alpha value is 0.170. The van der Waals surface area contributed by atoms with Gasteiger partial charge in [-0.1, -0.05) is 18.7 Å². The molecule has 0 bridgehead atoms. The number of hydrogen-bond donors (Lipinski definition) is 1. The van der Waals surface area contributed by atoms with Crippen LogP contribution in [0.3, 0.4) is 0 Å². The van der Waals surface area contributed by atoms with Crippen LogP contribution in [0, 0.1) is 5.92 Å². The minimum absolute atomic E-state index is 0.472. The van der Waals surface area contributed by atoms with Gasteiger partial charge in [0.25, 0.3) is 0 Å². The Morgan fingerprint density at radius 2 is 2.36 bits per heavy atom. The van der Waals surface area contributed by atoms with Crippen LogP contribution < -0.4 is 5.32 Å². The summed E-state index contributed by atoms with van der Waals surface area (Å²) in [5.74, 6) is 3.05. The van der Waals surface area contributed by atoms with E-state index in [1.54, 1.807) is 0 Å². The van der Waals surface area contributed by atoms with Crippen molar-refractivity contribution >= 4 is 28.7 Å². The highest BCUT2D eigenvalue weighted by atomic mass is 32.2. The van der Waals surface area contributed by atoms with Crippen molar-refractivity contribution < 1.29 is 0 Å². The molecule has 14 heavy (non-hydrogen) atoms. The van der Waals surface area contributed by atoms with Crippen LogP contribution in [0.2, 0.25) is 0 Å². The maximum atomic E-state index is 4.64. The molecule has 0 aromatic carbocycles. The summed E-state index contributed by atoms with van der Waals surface area (Å²) in [7, 11) is 0. The zero-order valence-electron chi connectivity index (χ0n) is 9.41. The lowest BCUT2D eigenvalue weighted by Crippen LogP contribution is -2.36. The number of rotatable bonds is 3. The van der Waals surface area contributed by atoms with Gasteiger partial charge in [0.15, 0.2) is 5.17 Å². The van der Waals surface area contributed by atoms with Gasteiger partial charge in [0.2, 0.25) is 0 Å². The maximum Gasteiger partial charge on any atom is 0.157 e. The molecule has 0 saturated heterocycles. The molecular weight excluding hydrogens is 212 g/mol. The SMILES string of the molecule is CSCC(C)NC1=NC(C)C(C)CS1. The normalized spacial score (nSPS) is 29.6. The topological polar surface area (TPSA) is 24.4 Å². The standard InChI is InChI=1S/C10H20N2S2/c1-7-5-14-10(12-9(7)3)11-8(2)6-13-4/h7-9H,5-6H2,1-4H3,(H,11,12). The average Bonchev–Trinajstić information content (AvgIpc) is 2.12. The van der Waals surface area contributed by atoms with Gasteiger partial charge in [-0.3, -0.25) is 4.99 Å². The lowest BCUT2D eigenvalue weighted by atomic mass is 10.1. The molecule has 0 aliphatic carbocycles. The van der Waals surface area contributed by atoms with Gasteiger partial charge < -0.3 is 5.32 Å². The first-order valence-electron chi connectivity index (χ1n) is 5.09. The summed E-state index contributed by atoms with van der Waals surface area (Å²) in [5.41, 5.74) is 0. The molecule has 0 fully saturated rings. The van der Waals surface area contributed by atoms with E-state index in [2.05, 4.69) is 37.3 Å². The second-order valence-electron chi connectivity index (χ2n) is 3.96. The molecule has 1 N–H and O–H groups in total. The van der Waals surface area contributed by atoms with Crippen LogP contribution in [0.5, 0.6) is 0 Å². The van der Waals surface area contributed by atoms with Gasteiger partial charge in [-0.15, -0.1) is 0 Å². The molecule has 0 aromatic rings. The molecule has 1 rings (SSSR count). The Balaban J connectivity index is 2.41. The van der Waals surface area contributed by atoms with E-state index in [-0.39, 0.29) is 0 Å². The molecule has 0 aromatic heterocycles. The Bertz CT molecular complexity index is 206. The van der Waals surface area contributed by atoms with Crippen LogP contribution in [0.15, 0.2) is 4.99 Å². The molecule has 82 valence electrons. The molecule has 1 aliphatic rings. The summed E-state index contributed by atoms with van der Waals surface area (Å²) in [4.78, 5) is 4.64. The third kappa shape index (κ3) is 3.73. The van der Waals surface area contributed by atoms with E-state index in [1.807, 2.05) is 23.5 Å². The van der Waals surface area contributed by atoms with Gasteiger partial charge >= 0.3 is 0 Å². The van der Waals surface area contributed by atoms with Crippen LogP contribution in [-0.4, -0.2) is 35.0 Å². The number of nitrogens with zero attached hydrogens (tertiary/aromatic N) is 1. The van der Waals surface area contributed by atoms with E-state index >= 15 is 0 Å². The zero-order chi connectivity index (χ0) is 10.6. The fourth-order valence-corrected chi connectivity index (χ4v) is 3.09. The molecule has 3 atom stereocenters. The van der Waals surface area contributed by atoms with Crippen LogP contribution in [0.1, 0.15) is 20.8 Å². The highest BCUT2D eigenvalue weighted by Crippen LogP contribution is 2.21. The number of hydrogen-bond acceptors (Lipinski definition) is 4. The minimum Gasteiger partial charge on any atom is -0.362 e. The van der Waals surface area contributed by atoms with Gasteiger partial charge in [0, 0.05) is 17.5 Å². The third-order valence-corrected chi connectivity index (χ3v) is 4.44. The van der Waals surface area contributed by atoms with Crippen molar-refractivity contribution in [1.82, 2.24) is 5.32 Å². The molecular formula is C10H20N2S2. The molecule has 0 amide bonds. The predicted molar refractivity (Wildman–Crippen MR) is 69.5 cm³/mol. The van der Waals surface area contributed by atoms with Gasteiger partial charge in [0.1, 0.15) is 0 Å². The first kappa shape index (κ1) is 12.2. The van der Waals surface area contributed by atoms with E-state index in [9.17, 15) is 0 Å². The summed E-state index contributed by atoms with van der Waals surface area (Å²) in [6, 6.07) is 0.997. The van der Waals surface area contributed by atoms with Gasteiger partial charge in [-0.05, 0) is 26.0 Å². The number of aliphatic imine (C=N–C) groups is 1. The van der Waals surface area contributed by atoms with Gasteiger partial charge in [0.05, 0.1) is 6.04 Å². The van der Waals surface area contributed by atoms with Crippen LogP contribution in [-0.2, 0) is 0 Å². The lowest BCUT2D eigenvalue weighted by molar-refractivity contribution is 0.532. The zero-order valence-corrected chi connectivity index (χ0v) is 11.0. The van der Waals surface area contributed by atoms with E-state index in [0.717, 1.165) is 10.9 Å². The molecule has 4 heteroatoms. The highest BCUT2D eigenvalue weighted by molar-refractivity contribution is 8.13. The highest BCUT2D eigenvalue weighted by Gasteiger charge is 2.19. The largest absolute Gasteiger partial charge is 0.362 e. The van der Waals surface area contributed by atoms with Gasteiger partial charge in [-0.25, -0.2) is 0 Å². The summed E-state index contributed by atoms with van der Waals surface area (Å²) < 4.78 is 0. The molecule has 0 spiro atoms. The van der Waals surface area contributed by atoms with Crippen molar-refractivity contribution in [1.29, 1.82) is 0 Å². The molecule has 1 aliphatic heterocycles. The predicted octanol–water partition coefficient (Wildman–Crippen LogP) is 2.45. The Morgan fingerprint density at radius 3 is 2.93 bits per heavy atom. The molecule has 1 heterocycles. The van der Waals surface area contributed by atoms with E-state index in [0.29, 0.717) is 18.0 Å². The summed E-state index contributed by atoms with van der Waals surface area (Å²) in [6.07, 6.45) is 2.14. The maximum absolute atomic E-state index is 4.64. The third-order valence-electron chi connectivity index (χ3n) is 2.41. The minimum atomic E-state index is 0.472. The second-order valence-corrected chi connectivity index (χ2v) is 5.88. The lowest BCUT2D eigenvalue weighted by Gasteiger charge is -2.25. The quantitative estimate of drug-likeness (QED) is 0.809. The van der Waals surface area contributed by atoms with Crippen molar-refractivity contribution in [3.63, 3.8) is 0 Å². The first-order chi connectivity index (χ1) is 6.63. The fourth-order valence-electron chi connectivity index (χ4n) is 1.28. The van der Waals surface area contributed by atoms with Crippen molar-refractivity contribution in [2.24, 2.45) is 10.9 Å². The fraction of sp³-hybridized carbons (Fsp3) is 0.900. The Kier molecular flexibility index (Phi) is 5.17. The second kappa shape index (κ2) is 5.91. The molecule has 0 saturated carbocycles. The summed E-state index contributed by atoms with van der Waals surface area (Å²) >= 11 is 3.73. The summed E-state index contributed by atoms with van der Waals surface area (Å²) in [6.45, 7) is 6.68. The van der Waals surface area contributed by atoms with E-state index in [4.69, 9.17) is 0 Å². The monoisotopic (exact) mass is 232 g/mol. The van der Waals surface area contributed by atoms with Crippen molar-refractivity contribution in [2.75, 3.05) is 17.8 Å². The smallest absolute Gasteiger partial charge is 0.157 e. The van der Waals surface area contributed by atoms with Gasteiger partial charge in [-0.2, -0.15) is 11.8 Å². The van der Waals surface area contributed by atoms with Crippen LogP contribution in [0.25, 0.3) is 0 Å². The molecule has 0 radical (unpaired) electrons. The number of thioether (sulfide) groups is 2. The van der Waals surface area contributed by atoms with Crippen LogP contribution in [0.4, 0.5) is 0 Å². The van der Waals surface area contributed by atoms with Crippen molar-refractivity contribution in [3.8, 4) is 0 Å². The van der Waals surface area contributed by atoms with Crippen molar-refractivity contribution in [3.05, 3.63) is 0 Å². The molecule has 3 unspecified atom stereocenters. The molecule has 2 nitrogen and oxygen atoms in total. The average molecular weight is 232 g/mol. The summed E-state index contributed by atoms with van der Waals surface area (Å²) in [5, 5.41) is 4.60. The van der Waals surface area contributed by atoms with E-state index < -0.39 is 0 Å². The van der Waals surface area contributed by atoms with Crippen molar-refractivity contribution in [2.45, 2.75) is 32.9 Å². The Labute approximate surface area is 95.7 Å².